The molecule has 0 radical (unpaired) electrons. The molecule has 3 fully saturated rings. The lowest BCUT2D eigenvalue weighted by atomic mass is 9.90. The third-order valence-corrected chi connectivity index (χ3v) is 7.68. The minimum absolute atomic E-state index is 0. The summed E-state index contributed by atoms with van der Waals surface area (Å²) in [7, 11) is 1.79. The Labute approximate surface area is 217 Å². The van der Waals surface area contributed by atoms with Crippen LogP contribution in [0.4, 0.5) is 0 Å². The van der Waals surface area contributed by atoms with Gasteiger partial charge in [0.05, 0.1) is 6.54 Å². The molecule has 33 heavy (non-hydrogen) atoms. The number of carbonyl (C=O) groups is 1. The first kappa shape index (κ1) is 26.3. The van der Waals surface area contributed by atoms with Gasteiger partial charge in [-0.05, 0) is 56.4 Å². The number of carbonyl (C=O) groups excluding carboxylic acids is 1. The lowest BCUT2D eigenvalue weighted by Crippen LogP contribution is -2.52. The Morgan fingerprint density at radius 1 is 0.970 bits per heavy atom. The molecule has 6 nitrogen and oxygen atoms in total. The van der Waals surface area contributed by atoms with Crippen molar-refractivity contribution in [3.63, 3.8) is 0 Å². The Bertz CT molecular complexity index is 736. The molecule has 0 spiro atoms. The fourth-order valence-corrected chi connectivity index (χ4v) is 5.67. The van der Waals surface area contributed by atoms with Gasteiger partial charge < -0.3 is 20.4 Å². The standard InChI is InChI=1S/C26H41N5O.HI/c1-27-26(29-23-13-17-30(18-14-23)24-9-5-6-10-24)28-20-25(32)31-15-11-22(12-16-31)19-21-7-3-2-4-8-21;/h2-4,7-8,22-24H,5-6,9-20H2,1H3,(H2,27,28,29);1H. The van der Waals surface area contributed by atoms with E-state index in [0.717, 1.165) is 57.2 Å². The molecule has 1 aromatic carbocycles. The summed E-state index contributed by atoms with van der Waals surface area (Å²) in [6.07, 6.45) is 11.2. The van der Waals surface area contributed by atoms with Crippen LogP contribution in [-0.2, 0) is 11.2 Å². The van der Waals surface area contributed by atoms with Crippen LogP contribution in [-0.4, -0.2) is 73.5 Å². The number of nitrogens with zero attached hydrogens (tertiary/aromatic N) is 3. The van der Waals surface area contributed by atoms with Gasteiger partial charge in [0.15, 0.2) is 5.96 Å². The molecule has 1 amide bonds. The first-order valence-corrected chi connectivity index (χ1v) is 12.7. The third kappa shape index (κ3) is 7.84. The quantitative estimate of drug-likeness (QED) is 0.313. The smallest absolute Gasteiger partial charge is 0.241 e. The zero-order valence-electron chi connectivity index (χ0n) is 20.2. The number of halogens is 1. The van der Waals surface area contributed by atoms with Crippen molar-refractivity contribution in [2.24, 2.45) is 10.9 Å². The SMILES string of the molecule is CN=C(NCC(=O)N1CCC(Cc2ccccc2)CC1)NC1CCN(C2CCCC2)CC1.I. The molecule has 2 N–H and O–H groups in total. The molecule has 0 atom stereocenters. The summed E-state index contributed by atoms with van der Waals surface area (Å²) in [5.74, 6) is 1.62. The van der Waals surface area contributed by atoms with E-state index in [1.165, 1.54) is 44.3 Å². The third-order valence-electron chi connectivity index (χ3n) is 7.68. The van der Waals surface area contributed by atoms with Crippen LogP contribution in [0.3, 0.4) is 0 Å². The molecular weight excluding hydrogens is 525 g/mol. The Morgan fingerprint density at radius 2 is 1.64 bits per heavy atom. The van der Waals surface area contributed by atoms with E-state index >= 15 is 0 Å². The summed E-state index contributed by atoms with van der Waals surface area (Å²) in [5.41, 5.74) is 1.41. The van der Waals surface area contributed by atoms with Gasteiger partial charge in [0, 0.05) is 45.3 Å². The number of amides is 1. The van der Waals surface area contributed by atoms with Crippen molar-refractivity contribution in [2.75, 3.05) is 39.8 Å². The molecule has 3 aliphatic rings. The number of guanidine groups is 1. The Hall–Kier alpha value is -1.35. The van der Waals surface area contributed by atoms with Crippen LogP contribution in [0.25, 0.3) is 0 Å². The number of rotatable bonds is 6. The summed E-state index contributed by atoms with van der Waals surface area (Å²) in [6, 6.07) is 12.0. The molecule has 1 aromatic rings. The average Bonchev–Trinajstić information content (AvgIpc) is 3.38. The van der Waals surface area contributed by atoms with Gasteiger partial charge in [-0.3, -0.25) is 9.79 Å². The van der Waals surface area contributed by atoms with Crippen molar-refractivity contribution in [3.05, 3.63) is 35.9 Å². The maximum Gasteiger partial charge on any atom is 0.241 e. The number of likely N-dealkylation sites (tertiary alicyclic amines) is 2. The molecule has 2 aliphatic heterocycles. The van der Waals surface area contributed by atoms with Crippen LogP contribution in [0.15, 0.2) is 35.3 Å². The first-order chi connectivity index (χ1) is 15.7. The second-order valence-corrected chi connectivity index (χ2v) is 9.83. The fourth-order valence-electron chi connectivity index (χ4n) is 5.67. The molecule has 0 bridgehead atoms. The van der Waals surface area contributed by atoms with Crippen LogP contribution >= 0.6 is 24.0 Å². The molecular formula is C26H42IN5O. The van der Waals surface area contributed by atoms with E-state index in [2.05, 4.69) is 50.9 Å². The van der Waals surface area contributed by atoms with E-state index in [4.69, 9.17) is 0 Å². The number of nitrogens with one attached hydrogen (secondary N) is 2. The highest BCUT2D eigenvalue weighted by atomic mass is 127. The predicted molar refractivity (Wildman–Crippen MR) is 146 cm³/mol. The van der Waals surface area contributed by atoms with E-state index in [1.807, 2.05) is 4.90 Å². The van der Waals surface area contributed by atoms with Crippen molar-refractivity contribution in [3.8, 4) is 0 Å². The van der Waals surface area contributed by atoms with Crippen LogP contribution in [0, 0.1) is 5.92 Å². The molecule has 1 aliphatic carbocycles. The van der Waals surface area contributed by atoms with Gasteiger partial charge in [0.25, 0.3) is 0 Å². The highest BCUT2D eigenvalue weighted by Crippen LogP contribution is 2.26. The molecule has 2 heterocycles. The zero-order valence-corrected chi connectivity index (χ0v) is 22.5. The Balaban J connectivity index is 0.00000306. The van der Waals surface area contributed by atoms with Gasteiger partial charge in [-0.15, -0.1) is 24.0 Å². The van der Waals surface area contributed by atoms with Crippen molar-refractivity contribution in [1.29, 1.82) is 0 Å². The summed E-state index contributed by atoms with van der Waals surface area (Å²) in [6.45, 7) is 4.41. The lowest BCUT2D eigenvalue weighted by Gasteiger charge is -2.36. The second kappa shape index (κ2) is 13.5. The molecule has 184 valence electrons. The van der Waals surface area contributed by atoms with Gasteiger partial charge in [-0.1, -0.05) is 43.2 Å². The predicted octanol–water partition coefficient (Wildman–Crippen LogP) is 3.66. The van der Waals surface area contributed by atoms with Gasteiger partial charge in [0.2, 0.25) is 5.91 Å². The first-order valence-electron chi connectivity index (χ1n) is 12.7. The summed E-state index contributed by atoms with van der Waals surface area (Å²) < 4.78 is 0. The number of piperidine rings is 2. The van der Waals surface area contributed by atoms with Gasteiger partial charge >= 0.3 is 0 Å². The number of hydrogen-bond acceptors (Lipinski definition) is 3. The number of hydrogen-bond donors (Lipinski definition) is 2. The Morgan fingerprint density at radius 3 is 2.27 bits per heavy atom. The Kier molecular flexibility index (Phi) is 10.8. The maximum absolute atomic E-state index is 12.7. The van der Waals surface area contributed by atoms with Crippen LogP contribution in [0.1, 0.15) is 56.9 Å². The van der Waals surface area contributed by atoms with Gasteiger partial charge in [0.1, 0.15) is 0 Å². The number of aliphatic imine (C=N–C) groups is 1. The normalized spacial score (nSPS) is 21.6. The summed E-state index contributed by atoms with van der Waals surface area (Å²) in [4.78, 5) is 21.8. The molecule has 7 heteroatoms. The summed E-state index contributed by atoms with van der Waals surface area (Å²) in [5, 5.41) is 6.82. The van der Waals surface area contributed by atoms with E-state index in [-0.39, 0.29) is 29.9 Å². The molecule has 2 saturated heterocycles. The van der Waals surface area contributed by atoms with E-state index in [9.17, 15) is 4.79 Å². The van der Waals surface area contributed by atoms with E-state index in [1.54, 1.807) is 7.05 Å². The highest BCUT2D eigenvalue weighted by molar-refractivity contribution is 14.0. The van der Waals surface area contributed by atoms with Crippen LogP contribution in [0.5, 0.6) is 0 Å². The van der Waals surface area contributed by atoms with Crippen molar-refractivity contribution in [2.45, 2.75) is 69.9 Å². The fraction of sp³-hybridized carbons (Fsp3) is 0.692. The van der Waals surface area contributed by atoms with Gasteiger partial charge in [-0.2, -0.15) is 0 Å². The van der Waals surface area contributed by atoms with Crippen molar-refractivity contribution < 1.29 is 4.79 Å². The molecule has 0 aromatic heterocycles. The van der Waals surface area contributed by atoms with Crippen molar-refractivity contribution in [1.82, 2.24) is 20.4 Å². The topological polar surface area (TPSA) is 60.0 Å². The van der Waals surface area contributed by atoms with E-state index in [0.29, 0.717) is 18.5 Å². The highest BCUT2D eigenvalue weighted by Gasteiger charge is 2.28. The minimum Gasteiger partial charge on any atom is -0.354 e. The van der Waals surface area contributed by atoms with Gasteiger partial charge in [-0.25, -0.2) is 0 Å². The molecule has 1 saturated carbocycles. The zero-order chi connectivity index (χ0) is 22.2. The van der Waals surface area contributed by atoms with Crippen LogP contribution < -0.4 is 10.6 Å². The maximum atomic E-state index is 12.7. The number of benzene rings is 1. The largest absolute Gasteiger partial charge is 0.354 e. The second-order valence-electron chi connectivity index (χ2n) is 9.83. The van der Waals surface area contributed by atoms with Crippen molar-refractivity contribution >= 4 is 35.8 Å². The van der Waals surface area contributed by atoms with Crippen LogP contribution in [0.2, 0.25) is 0 Å². The summed E-state index contributed by atoms with van der Waals surface area (Å²) >= 11 is 0. The minimum atomic E-state index is 0. The molecule has 0 unspecified atom stereocenters. The van der Waals surface area contributed by atoms with E-state index < -0.39 is 0 Å². The monoisotopic (exact) mass is 567 g/mol. The average molecular weight is 568 g/mol. The molecule has 4 rings (SSSR count). The lowest BCUT2D eigenvalue weighted by molar-refractivity contribution is -0.131.